The second-order valence-corrected chi connectivity index (χ2v) is 7.55. The smallest absolute Gasteiger partial charge is 0.223 e. The first-order chi connectivity index (χ1) is 13.3. The number of nitrogens with zero attached hydrogens (tertiary/aromatic N) is 3. The number of ether oxygens (including phenoxy) is 1. The van der Waals surface area contributed by atoms with Crippen LogP contribution in [-0.4, -0.2) is 40.1 Å². The van der Waals surface area contributed by atoms with E-state index in [9.17, 15) is 4.79 Å². The van der Waals surface area contributed by atoms with Crippen LogP contribution >= 0.6 is 11.8 Å². The fourth-order valence-corrected chi connectivity index (χ4v) is 4.06. The Kier molecular flexibility index (Phi) is 7.56. The van der Waals surface area contributed by atoms with Gasteiger partial charge in [0.2, 0.25) is 5.91 Å². The van der Waals surface area contributed by atoms with Gasteiger partial charge in [-0.25, -0.2) is 0 Å². The Bertz CT molecular complexity index is 714. The summed E-state index contributed by atoms with van der Waals surface area (Å²) in [5.74, 6) is 1.86. The summed E-state index contributed by atoms with van der Waals surface area (Å²) in [5, 5.41) is 12.7. The van der Waals surface area contributed by atoms with E-state index < -0.39 is 0 Å². The van der Waals surface area contributed by atoms with Crippen LogP contribution in [0.3, 0.4) is 0 Å². The maximum absolute atomic E-state index is 11.9. The van der Waals surface area contributed by atoms with Gasteiger partial charge >= 0.3 is 0 Å². The maximum Gasteiger partial charge on any atom is 0.223 e. The maximum atomic E-state index is 11.9. The molecule has 1 fully saturated rings. The van der Waals surface area contributed by atoms with Crippen molar-refractivity contribution >= 4 is 17.7 Å². The first-order valence-electron chi connectivity index (χ1n) is 9.70. The second kappa shape index (κ2) is 10.3. The van der Waals surface area contributed by atoms with Gasteiger partial charge in [-0.1, -0.05) is 42.8 Å². The fraction of sp³-hybridized carbons (Fsp3) is 0.550. The number of para-hydroxylation sites is 1. The van der Waals surface area contributed by atoms with Crippen molar-refractivity contribution in [1.29, 1.82) is 0 Å². The molecule has 7 heteroatoms. The summed E-state index contributed by atoms with van der Waals surface area (Å²) in [6, 6.07) is 10.1. The number of nitrogens with one attached hydrogen (secondary N) is 1. The van der Waals surface area contributed by atoms with Crippen LogP contribution in [0.25, 0.3) is 0 Å². The molecule has 27 heavy (non-hydrogen) atoms. The van der Waals surface area contributed by atoms with Crippen molar-refractivity contribution in [2.45, 2.75) is 56.1 Å². The van der Waals surface area contributed by atoms with E-state index in [2.05, 4.69) is 26.3 Å². The minimum atomic E-state index is 0.0213. The predicted molar refractivity (Wildman–Crippen MR) is 107 cm³/mol. The highest BCUT2D eigenvalue weighted by molar-refractivity contribution is 7.98. The van der Waals surface area contributed by atoms with E-state index in [1.807, 2.05) is 30.3 Å². The van der Waals surface area contributed by atoms with Gasteiger partial charge in [0, 0.05) is 19.0 Å². The Hall–Kier alpha value is -2.02. The molecule has 0 saturated heterocycles. The van der Waals surface area contributed by atoms with Gasteiger partial charge in [0.05, 0.1) is 13.0 Å². The molecule has 3 rings (SSSR count). The monoisotopic (exact) mass is 388 g/mol. The number of rotatable bonds is 10. The van der Waals surface area contributed by atoms with Gasteiger partial charge in [-0.2, -0.15) is 0 Å². The molecule has 0 atom stereocenters. The Morgan fingerprint density at radius 2 is 2.04 bits per heavy atom. The van der Waals surface area contributed by atoms with Crippen LogP contribution in [0, 0.1) is 0 Å². The first kappa shape index (κ1) is 19.7. The molecule has 0 bridgehead atoms. The quantitative estimate of drug-likeness (QED) is 0.497. The van der Waals surface area contributed by atoms with Crippen molar-refractivity contribution < 1.29 is 9.53 Å². The lowest BCUT2D eigenvalue weighted by molar-refractivity contribution is -0.121. The third-order valence-corrected chi connectivity index (χ3v) is 5.49. The number of hydrogen-bond donors (Lipinski definition) is 1. The van der Waals surface area contributed by atoms with Gasteiger partial charge in [0.1, 0.15) is 11.6 Å². The van der Waals surface area contributed by atoms with E-state index in [0.717, 1.165) is 29.6 Å². The molecule has 2 aromatic rings. The molecule has 1 aromatic heterocycles. The van der Waals surface area contributed by atoms with Gasteiger partial charge in [-0.3, -0.25) is 4.79 Å². The van der Waals surface area contributed by atoms with Gasteiger partial charge in [0.15, 0.2) is 5.16 Å². The van der Waals surface area contributed by atoms with Gasteiger partial charge in [-0.15, -0.1) is 10.2 Å². The Morgan fingerprint density at radius 3 is 2.78 bits per heavy atom. The van der Waals surface area contributed by atoms with Gasteiger partial charge in [0.25, 0.3) is 0 Å². The number of aromatic nitrogens is 3. The van der Waals surface area contributed by atoms with E-state index in [1.54, 1.807) is 11.8 Å². The molecular weight excluding hydrogens is 360 g/mol. The van der Waals surface area contributed by atoms with Crippen LogP contribution in [0.5, 0.6) is 5.75 Å². The van der Waals surface area contributed by atoms with E-state index >= 15 is 0 Å². The van der Waals surface area contributed by atoms with Crippen molar-refractivity contribution in [2.24, 2.45) is 0 Å². The average molecular weight is 389 g/mol. The Balaban J connectivity index is 1.37. The lowest BCUT2D eigenvalue weighted by Gasteiger charge is -2.16. The topological polar surface area (TPSA) is 69.0 Å². The molecule has 0 spiro atoms. The summed E-state index contributed by atoms with van der Waals surface area (Å²) in [5.41, 5.74) is 0. The zero-order valence-corrected chi connectivity index (χ0v) is 16.7. The molecule has 0 unspecified atom stereocenters. The highest BCUT2D eigenvalue weighted by Gasteiger charge is 2.23. The molecule has 6 nitrogen and oxygen atoms in total. The summed E-state index contributed by atoms with van der Waals surface area (Å²) < 4.78 is 7.88. The number of carbonyl (C=O) groups excluding carboxylic acids is 1. The normalized spacial score (nSPS) is 14.4. The van der Waals surface area contributed by atoms with Crippen molar-refractivity contribution in [3.05, 3.63) is 36.2 Å². The number of carbonyl (C=O) groups is 1. The summed E-state index contributed by atoms with van der Waals surface area (Å²) in [4.78, 5) is 11.9. The van der Waals surface area contributed by atoms with Crippen molar-refractivity contribution in [3.63, 3.8) is 0 Å². The lowest BCUT2D eigenvalue weighted by Crippen LogP contribution is -2.26. The second-order valence-electron chi connectivity index (χ2n) is 6.78. The predicted octanol–water partition coefficient (Wildman–Crippen LogP) is 3.63. The van der Waals surface area contributed by atoms with Crippen molar-refractivity contribution in [3.8, 4) is 5.75 Å². The molecule has 1 aliphatic rings. The van der Waals surface area contributed by atoms with Crippen LogP contribution in [0.1, 0.15) is 50.4 Å². The largest absolute Gasteiger partial charge is 0.493 e. The van der Waals surface area contributed by atoms with E-state index in [-0.39, 0.29) is 5.91 Å². The van der Waals surface area contributed by atoms with E-state index in [4.69, 9.17) is 4.74 Å². The molecule has 146 valence electrons. The summed E-state index contributed by atoms with van der Waals surface area (Å²) in [6.07, 6.45) is 9.14. The van der Waals surface area contributed by atoms with Crippen LogP contribution in [-0.2, 0) is 11.2 Å². The standard InChI is InChI=1S/C20H28N4O2S/c1-27-20-23-22-18(24(20)16-8-5-6-9-16)12-7-14-21-19(25)13-15-26-17-10-3-2-4-11-17/h2-4,10-11,16H,5-9,12-15H2,1H3,(H,21,25). The number of hydrogen-bond acceptors (Lipinski definition) is 5. The summed E-state index contributed by atoms with van der Waals surface area (Å²) in [6.45, 7) is 1.04. The third kappa shape index (κ3) is 5.73. The summed E-state index contributed by atoms with van der Waals surface area (Å²) >= 11 is 1.66. The molecule has 0 radical (unpaired) electrons. The number of thioether (sulfide) groups is 1. The lowest BCUT2D eigenvalue weighted by atomic mass is 10.2. The highest BCUT2D eigenvalue weighted by atomic mass is 32.2. The van der Waals surface area contributed by atoms with Crippen LogP contribution in [0.15, 0.2) is 35.5 Å². The van der Waals surface area contributed by atoms with E-state index in [1.165, 1.54) is 25.7 Å². The molecule has 1 N–H and O–H groups in total. The fourth-order valence-electron chi connectivity index (χ4n) is 3.49. The molecular formula is C20H28N4O2S. The molecule has 1 saturated carbocycles. The average Bonchev–Trinajstić information content (AvgIpc) is 3.35. The van der Waals surface area contributed by atoms with Crippen molar-refractivity contribution in [2.75, 3.05) is 19.4 Å². The third-order valence-electron chi connectivity index (χ3n) is 4.85. The van der Waals surface area contributed by atoms with E-state index in [0.29, 0.717) is 25.6 Å². The van der Waals surface area contributed by atoms with Gasteiger partial charge in [-0.05, 0) is 37.7 Å². The molecule has 1 heterocycles. The Morgan fingerprint density at radius 1 is 1.26 bits per heavy atom. The number of amides is 1. The SMILES string of the molecule is CSc1nnc(CCCNC(=O)CCOc2ccccc2)n1C1CCCC1. The highest BCUT2D eigenvalue weighted by Crippen LogP contribution is 2.33. The molecule has 1 amide bonds. The number of benzene rings is 1. The minimum Gasteiger partial charge on any atom is -0.493 e. The first-order valence-corrected chi connectivity index (χ1v) is 10.9. The minimum absolute atomic E-state index is 0.0213. The Labute approximate surface area is 165 Å². The summed E-state index contributed by atoms with van der Waals surface area (Å²) in [7, 11) is 0. The van der Waals surface area contributed by atoms with Gasteiger partial charge < -0.3 is 14.6 Å². The molecule has 0 aliphatic heterocycles. The molecule has 1 aliphatic carbocycles. The number of aryl methyl sites for hydroxylation is 1. The molecule has 1 aromatic carbocycles. The van der Waals surface area contributed by atoms with Crippen molar-refractivity contribution in [1.82, 2.24) is 20.1 Å². The zero-order chi connectivity index (χ0) is 18.9. The van der Waals surface area contributed by atoms with Crippen LogP contribution in [0.2, 0.25) is 0 Å². The van der Waals surface area contributed by atoms with Crippen LogP contribution in [0.4, 0.5) is 0 Å². The van der Waals surface area contributed by atoms with Crippen LogP contribution < -0.4 is 10.1 Å². The zero-order valence-electron chi connectivity index (χ0n) is 15.9.